The summed E-state index contributed by atoms with van der Waals surface area (Å²) in [5.74, 6) is 0. The SMILES string of the molecule is ClOOC=C(Cl)c1ccccc1. The topological polar surface area (TPSA) is 18.5 Å². The minimum Gasteiger partial charge on any atom is -0.326 e. The van der Waals surface area contributed by atoms with E-state index < -0.39 is 0 Å². The van der Waals surface area contributed by atoms with Crippen molar-refractivity contribution < 1.29 is 9.33 Å². The molecule has 0 bridgehead atoms. The largest absolute Gasteiger partial charge is 0.326 e. The summed E-state index contributed by atoms with van der Waals surface area (Å²) >= 11 is 10.6. The number of halogens is 2. The van der Waals surface area contributed by atoms with Crippen molar-refractivity contribution in [1.29, 1.82) is 0 Å². The van der Waals surface area contributed by atoms with Crippen LogP contribution in [0.2, 0.25) is 0 Å². The molecule has 0 aliphatic carbocycles. The van der Waals surface area contributed by atoms with E-state index in [1.54, 1.807) is 0 Å². The van der Waals surface area contributed by atoms with Crippen molar-refractivity contribution in [3.05, 3.63) is 42.2 Å². The molecule has 0 radical (unpaired) electrons. The Labute approximate surface area is 80.4 Å². The molecule has 0 spiro atoms. The maximum absolute atomic E-state index is 5.78. The highest BCUT2D eigenvalue weighted by Crippen LogP contribution is 2.17. The fourth-order valence-electron chi connectivity index (χ4n) is 0.726. The summed E-state index contributed by atoms with van der Waals surface area (Å²) in [6.45, 7) is 0. The highest BCUT2D eigenvalue weighted by Gasteiger charge is 1.95. The van der Waals surface area contributed by atoms with Crippen LogP contribution in [0.15, 0.2) is 36.6 Å². The quantitative estimate of drug-likeness (QED) is 0.428. The van der Waals surface area contributed by atoms with Gasteiger partial charge in [0.15, 0.2) is 6.26 Å². The molecule has 0 unspecified atom stereocenters. The Hall–Kier alpha value is -0.700. The Morgan fingerprint density at radius 1 is 1.25 bits per heavy atom. The summed E-state index contributed by atoms with van der Waals surface area (Å²) in [7, 11) is 0. The average molecular weight is 205 g/mol. The highest BCUT2D eigenvalue weighted by atomic mass is 35.5. The van der Waals surface area contributed by atoms with Crippen LogP contribution in [0, 0.1) is 0 Å². The number of rotatable bonds is 3. The maximum atomic E-state index is 5.78. The summed E-state index contributed by atoms with van der Waals surface area (Å²) < 4.78 is 3.85. The minimum absolute atomic E-state index is 0.427. The standard InChI is InChI=1S/C8H6Cl2O2/c9-8(6-11-12-10)7-4-2-1-3-5-7/h1-6H. The molecule has 4 heteroatoms. The molecule has 0 fully saturated rings. The first-order chi connectivity index (χ1) is 5.84. The van der Waals surface area contributed by atoms with Gasteiger partial charge in [-0.1, -0.05) is 46.4 Å². The molecule has 0 atom stereocenters. The molecule has 0 aliphatic heterocycles. The van der Waals surface area contributed by atoms with Gasteiger partial charge in [0.1, 0.15) is 11.9 Å². The lowest BCUT2D eigenvalue weighted by Gasteiger charge is -1.96. The van der Waals surface area contributed by atoms with Crippen molar-refractivity contribution in [2.45, 2.75) is 0 Å². The van der Waals surface area contributed by atoms with Crippen LogP contribution in [0.1, 0.15) is 5.56 Å². The second-order valence-corrected chi connectivity index (χ2v) is 2.52. The minimum atomic E-state index is 0.427. The van der Waals surface area contributed by atoms with Crippen LogP contribution in [0.4, 0.5) is 0 Å². The summed E-state index contributed by atoms with van der Waals surface area (Å²) in [6, 6.07) is 9.32. The molecule has 0 saturated heterocycles. The van der Waals surface area contributed by atoms with E-state index in [4.69, 9.17) is 23.5 Å². The third-order valence-electron chi connectivity index (χ3n) is 1.24. The lowest BCUT2D eigenvalue weighted by molar-refractivity contribution is -0.141. The van der Waals surface area contributed by atoms with Gasteiger partial charge in [-0.05, 0) is 5.56 Å². The van der Waals surface area contributed by atoms with Gasteiger partial charge in [-0.25, -0.2) is 0 Å². The first-order valence-corrected chi connectivity index (χ1v) is 3.88. The zero-order valence-electron chi connectivity index (χ0n) is 6.04. The lowest BCUT2D eigenvalue weighted by Crippen LogP contribution is -1.77. The highest BCUT2D eigenvalue weighted by molar-refractivity contribution is 6.48. The van der Waals surface area contributed by atoms with E-state index in [0.717, 1.165) is 5.56 Å². The van der Waals surface area contributed by atoms with Gasteiger partial charge in [-0.15, -0.1) is 0 Å². The van der Waals surface area contributed by atoms with Crippen molar-refractivity contribution in [2.75, 3.05) is 0 Å². The van der Waals surface area contributed by atoms with Crippen molar-refractivity contribution >= 4 is 28.5 Å². The molecule has 0 aliphatic rings. The first kappa shape index (κ1) is 9.39. The van der Waals surface area contributed by atoms with Crippen LogP contribution in [-0.2, 0) is 9.33 Å². The molecule has 0 N–H and O–H groups in total. The smallest absolute Gasteiger partial charge is 0.150 e. The molecule has 0 amide bonds. The number of hydrogen-bond donors (Lipinski definition) is 0. The molecule has 1 aromatic rings. The van der Waals surface area contributed by atoms with Crippen LogP contribution >= 0.6 is 23.5 Å². The third kappa shape index (κ3) is 2.74. The van der Waals surface area contributed by atoms with Gasteiger partial charge < -0.3 is 4.89 Å². The average Bonchev–Trinajstić information content (AvgIpc) is 2.15. The van der Waals surface area contributed by atoms with E-state index in [1.165, 1.54) is 6.26 Å². The fraction of sp³-hybridized carbons (Fsp3) is 0. The normalized spacial score (nSPS) is 11.3. The van der Waals surface area contributed by atoms with Gasteiger partial charge in [0.05, 0.1) is 5.03 Å². The van der Waals surface area contributed by atoms with E-state index in [9.17, 15) is 0 Å². The fourth-order valence-corrected chi connectivity index (χ4v) is 0.925. The first-order valence-electron chi connectivity index (χ1n) is 3.20. The summed E-state index contributed by atoms with van der Waals surface area (Å²) in [4.78, 5) is 4.32. The van der Waals surface area contributed by atoms with Crippen molar-refractivity contribution in [3.8, 4) is 0 Å². The second kappa shape index (κ2) is 5.04. The molecule has 2 nitrogen and oxygen atoms in total. The molecule has 12 heavy (non-hydrogen) atoms. The second-order valence-electron chi connectivity index (χ2n) is 1.99. The monoisotopic (exact) mass is 204 g/mol. The van der Waals surface area contributed by atoms with Crippen molar-refractivity contribution in [1.82, 2.24) is 0 Å². The molecule has 1 aromatic carbocycles. The van der Waals surface area contributed by atoms with Gasteiger partial charge in [-0.2, -0.15) is 0 Å². The van der Waals surface area contributed by atoms with E-state index in [-0.39, 0.29) is 0 Å². The summed E-state index contributed by atoms with van der Waals surface area (Å²) in [5.41, 5.74) is 0.841. The Kier molecular flexibility index (Phi) is 3.94. The molecule has 0 heterocycles. The van der Waals surface area contributed by atoms with Gasteiger partial charge in [0, 0.05) is 0 Å². The predicted octanol–water partition coefficient (Wildman–Crippen LogP) is 3.33. The van der Waals surface area contributed by atoms with Crippen molar-refractivity contribution in [3.63, 3.8) is 0 Å². The Balaban J connectivity index is 2.71. The molecule has 64 valence electrons. The zero-order valence-corrected chi connectivity index (χ0v) is 7.55. The van der Waals surface area contributed by atoms with Crippen LogP contribution in [-0.4, -0.2) is 0 Å². The van der Waals surface area contributed by atoms with E-state index in [2.05, 4.69) is 9.33 Å². The van der Waals surface area contributed by atoms with Crippen LogP contribution < -0.4 is 0 Å². The van der Waals surface area contributed by atoms with Crippen LogP contribution in [0.5, 0.6) is 0 Å². The van der Waals surface area contributed by atoms with E-state index >= 15 is 0 Å². The zero-order chi connectivity index (χ0) is 8.81. The molecule has 0 saturated carbocycles. The molecule has 0 aromatic heterocycles. The predicted molar refractivity (Wildman–Crippen MR) is 48.3 cm³/mol. The lowest BCUT2D eigenvalue weighted by atomic mass is 10.2. The molecular weight excluding hydrogens is 199 g/mol. The van der Waals surface area contributed by atoms with Crippen LogP contribution in [0.3, 0.4) is 0 Å². The molecular formula is C8H6Cl2O2. The number of hydrogen-bond acceptors (Lipinski definition) is 2. The van der Waals surface area contributed by atoms with Gasteiger partial charge in [0.25, 0.3) is 0 Å². The van der Waals surface area contributed by atoms with Crippen LogP contribution in [0.25, 0.3) is 5.03 Å². The third-order valence-corrected chi connectivity index (χ3v) is 1.62. The van der Waals surface area contributed by atoms with Gasteiger partial charge in [-0.3, -0.25) is 0 Å². The van der Waals surface area contributed by atoms with E-state index in [1.807, 2.05) is 30.3 Å². The Bertz CT molecular complexity index is 259. The molecule has 1 rings (SSSR count). The summed E-state index contributed by atoms with van der Waals surface area (Å²) in [6.07, 6.45) is 1.21. The Morgan fingerprint density at radius 2 is 1.92 bits per heavy atom. The Morgan fingerprint density at radius 3 is 2.50 bits per heavy atom. The number of benzene rings is 1. The summed E-state index contributed by atoms with van der Waals surface area (Å²) in [5, 5.41) is 0.427. The van der Waals surface area contributed by atoms with Crippen molar-refractivity contribution in [2.24, 2.45) is 0 Å². The van der Waals surface area contributed by atoms with Gasteiger partial charge in [0.2, 0.25) is 0 Å². The van der Waals surface area contributed by atoms with E-state index in [0.29, 0.717) is 5.03 Å². The maximum Gasteiger partial charge on any atom is 0.150 e. The van der Waals surface area contributed by atoms with Gasteiger partial charge >= 0.3 is 0 Å².